The number of fused-ring (bicyclic) bond motifs is 1. The van der Waals surface area contributed by atoms with Crippen LogP contribution in [0, 0.1) is 0 Å². The van der Waals surface area contributed by atoms with Gasteiger partial charge in [-0.3, -0.25) is 4.98 Å². The number of aryl methyl sites for hydroxylation is 1. The highest BCUT2D eigenvalue weighted by Gasteiger charge is 2.31. The molecule has 3 heterocycles. The van der Waals surface area contributed by atoms with Crippen molar-refractivity contribution >= 4 is 11.8 Å². The molecule has 0 saturated carbocycles. The normalized spacial score (nSPS) is 16.5. The third-order valence-corrected chi connectivity index (χ3v) is 4.58. The molecule has 7 nitrogen and oxygen atoms in total. The van der Waals surface area contributed by atoms with Crippen LogP contribution in [0.5, 0.6) is 0 Å². The number of amides is 2. The quantitative estimate of drug-likeness (QED) is 0.893. The zero-order chi connectivity index (χ0) is 16.5. The van der Waals surface area contributed by atoms with Gasteiger partial charge in [-0.05, 0) is 31.4 Å². The SMILES string of the molecule is CNC(=O)N1CC(Nc2nc(-c3cccnc3)nc3c2CCC3)C1. The minimum atomic E-state index is -0.0305. The number of nitrogens with one attached hydrogen (secondary N) is 2. The molecule has 2 amide bonds. The van der Waals surface area contributed by atoms with Crippen molar-refractivity contribution in [2.24, 2.45) is 0 Å². The van der Waals surface area contributed by atoms with Crippen molar-refractivity contribution in [1.29, 1.82) is 0 Å². The number of rotatable bonds is 3. The molecule has 0 bridgehead atoms. The van der Waals surface area contributed by atoms with Crippen LogP contribution < -0.4 is 10.6 Å². The van der Waals surface area contributed by atoms with Crippen LogP contribution in [0.25, 0.3) is 11.4 Å². The number of anilines is 1. The van der Waals surface area contributed by atoms with Crippen molar-refractivity contribution in [3.8, 4) is 11.4 Å². The van der Waals surface area contributed by atoms with E-state index in [1.165, 1.54) is 5.56 Å². The summed E-state index contributed by atoms with van der Waals surface area (Å²) in [6.45, 7) is 1.39. The van der Waals surface area contributed by atoms with Crippen LogP contribution >= 0.6 is 0 Å². The number of aromatic nitrogens is 3. The van der Waals surface area contributed by atoms with Gasteiger partial charge in [-0.25, -0.2) is 14.8 Å². The highest BCUT2D eigenvalue weighted by molar-refractivity contribution is 5.75. The van der Waals surface area contributed by atoms with Crippen molar-refractivity contribution in [3.05, 3.63) is 35.8 Å². The van der Waals surface area contributed by atoms with Crippen LogP contribution in [0.2, 0.25) is 0 Å². The number of nitrogens with zero attached hydrogens (tertiary/aromatic N) is 4. The lowest BCUT2D eigenvalue weighted by Gasteiger charge is -2.39. The van der Waals surface area contributed by atoms with Crippen LogP contribution in [-0.2, 0) is 12.8 Å². The molecule has 2 aromatic rings. The summed E-state index contributed by atoms with van der Waals surface area (Å²) in [5, 5.41) is 6.15. The monoisotopic (exact) mass is 324 g/mol. The molecule has 0 spiro atoms. The van der Waals surface area contributed by atoms with Crippen LogP contribution in [0.3, 0.4) is 0 Å². The van der Waals surface area contributed by atoms with E-state index in [4.69, 9.17) is 9.97 Å². The first kappa shape index (κ1) is 14.9. The summed E-state index contributed by atoms with van der Waals surface area (Å²) in [7, 11) is 1.65. The second-order valence-electron chi connectivity index (χ2n) is 6.22. The fourth-order valence-electron chi connectivity index (χ4n) is 3.26. The lowest BCUT2D eigenvalue weighted by molar-refractivity contribution is 0.160. The van der Waals surface area contributed by atoms with Gasteiger partial charge < -0.3 is 15.5 Å². The van der Waals surface area contributed by atoms with Gasteiger partial charge in [0.05, 0.1) is 6.04 Å². The highest BCUT2D eigenvalue weighted by Crippen LogP contribution is 2.30. The lowest BCUT2D eigenvalue weighted by Crippen LogP contribution is -2.59. The van der Waals surface area contributed by atoms with E-state index in [0.717, 1.165) is 36.3 Å². The number of likely N-dealkylation sites (tertiary alicyclic amines) is 1. The molecule has 1 fully saturated rings. The van der Waals surface area contributed by atoms with Gasteiger partial charge in [-0.1, -0.05) is 0 Å². The van der Waals surface area contributed by atoms with Gasteiger partial charge in [0, 0.05) is 49.4 Å². The van der Waals surface area contributed by atoms with Gasteiger partial charge in [0.1, 0.15) is 5.82 Å². The molecule has 0 aromatic carbocycles. The highest BCUT2D eigenvalue weighted by atomic mass is 16.2. The summed E-state index contributed by atoms with van der Waals surface area (Å²) in [6.07, 6.45) is 6.66. The number of pyridine rings is 1. The number of carbonyl (C=O) groups is 1. The molecule has 0 unspecified atom stereocenters. The maximum Gasteiger partial charge on any atom is 0.317 e. The smallest absolute Gasteiger partial charge is 0.317 e. The second kappa shape index (κ2) is 6.07. The molecule has 2 N–H and O–H groups in total. The molecule has 24 heavy (non-hydrogen) atoms. The molecular formula is C17H20N6O. The standard InChI is InChI=1S/C17H20N6O/c1-18-17(24)23-9-12(10-23)20-16-13-5-2-6-14(13)21-15(22-16)11-4-3-7-19-8-11/h3-4,7-8,12H,2,5-6,9-10H2,1H3,(H,18,24)(H,20,21,22). The average Bonchev–Trinajstić information content (AvgIpc) is 3.06. The van der Waals surface area contributed by atoms with Gasteiger partial charge in [0.25, 0.3) is 0 Å². The molecule has 0 radical (unpaired) electrons. The third-order valence-electron chi connectivity index (χ3n) is 4.58. The first-order valence-electron chi connectivity index (χ1n) is 8.28. The topological polar surface area (TPSA) is 83.0 Å². The van der Waals surface area contributed by atoms with Crippen LogP contribution in [0.1, 0.15) is 17.7 Å². The molecule has 1 aliphatic carbocycles. The first-order chi connectivity index (χ1) is 11.7. The zero-order valence-electron chi connectivity index (χ0n) is 13.6. The van der Waals surface area contributed by atoms with E-state index in [1.54, 1.807) is 24.3 Å². The number of urea groups is 1. The van der Waals surface area contributed by atoms with Crippen LogP contribution in [0.4, 0.5) is 10.6 Å². The predicted octanol–water partition coefficient (Wildman–Crippen LogP) is 1.46. The average molecular weight is 324 g/mol. The van der Waals surface area contributed by atoms with E-state index in [9.17, 15) is 4.79 Å². The Kier molecular flexibility index (Phi) is 3.76. The molecule has 4 rings (SSSR count). The maximum atomic E-state index is 11.6. The van der Waals surface area contributed by atoms with E-state index in [0.29, 0.717) is 18.9 Å². The Bertz CT molecular complexity index is 757. The van der Waals surface area contributed by atoms with E-state index in [1.807, 2.05) is 12.1 Å². The first-order valence-corrected chi connectivity index (χ1v) is 8.28. The molecule has 1 aliphatic heterocycles. The molecule has 0 atom stereocenters. The molecule has 2 aliphatic rings. The van der Waals surface area contributed by atoms with Gasteiger partial charge >= 0.3 is 6.03 Å². The number of hydrogen-bond acceptors (Lipinski definition) is 5. The Morgan fingerprint density at radius 3 is 2.92 bits per heavy atom. The summed E-state index contributed by atoms with van der Waals surface area (Å²) in [5.74, 6) is 1.63. The van der Waals surface area contributed by atoms with E-state index >= 15 is 0 Å². The summed E-state index contributed by atoms with van der Waals surface area (Å²) in [6, 6.07) is 4.08. The maximum absolute atomic E-state index is 11.6. The van der Waals surface area contributed by atoms with Gasteiger partial charge in [-0.15, -0.1) is 0 Å². The Morgan fingerprint density at radius 2 is 2.17 bits per heavy atom. The second-order valence-corrected chi connectivity index (χ2v) is 6.22. The molecule has 2 aromatic heterocycles. The molecule has 124 valence electrons. The van der Waals surface area contributed by atoms with Gasteiger partial charge in [0.2, 0.25) is 0 Å². The Hall–Kier alpha value is -2.70. The van der Waals surface area contributed by atoms with Gasteiger partial charge in [0.15, 0.2) is 5.82 Å². The summed E-state index contributed by atoms with van der Waals surface area (Å²) in [5.41, 5.74) is 3.28. The largest absolute Gasteiger partial charge is 0.363 e. The van der Waals surface area contributed by atoms with Crippen molar-refractivity contribution in [2.75, 3.05) is 25.5 Å². The van der Waals surface area contributed by atoms with E-state index in [2.05, 4.69) is 15.6 Å². The van der Waals surface area contributed by atoms with Crippen molar-refractivity contribution in [2.45, 2.75) is 25.3 Å². The zero-order valence-corrected chi connectivity index (χ0v) is 13.6. The molecular weight excluding hydrogens is 304 g/mol. The Labute approximate surface area is 140 Å². The Morgan fingerprint density at radius 1 is 1.29 bits per heavy atom. The molecule has 7 heteroatoms. The van der Waals surface area contributed by atoms with E-state index < -0.39 is 0 Å². The summed E-state index contributed by atoms with van der Waals surface area (Å²) >= 11 is 0. The fourth-order valence-corrected chi connectivity index (χ4v) is 3.26. The Balaban J connectivity index is 1.57. The lowest BCUT2D eigenvalue weighted by atomic mass is 10.1. The fraction of sp³-hybridized carbons (Fsp3) is 0.412. The third kappa shape index (κ3) is 2.66. The number of hydrogen-bond donors (Lipinski definition) is 2. The predicted molar refractivity (Wildman–Crippen MR) is 90.7 cm³/mol. The summed E-state index contributed by atoms with van der Waals surface area (Å²) < 4.78 is 0. The number of carbonyl (C=O) groups excluding carboxylic acids is 1. The van der Waals surface area contributed by atoms with Gasteiger partial charge in [-0.2, -0.15) is 0 Å². The van der Waals surface area contributed by atoms with Crippen LogP contribution in [-0.4, -0.2) is 52.1 Å². The van der Waals surface area contributed by atoms with Crippen LogP contribution in [0.15, 0.2) is 24.5 Å². The van der Waals surface area contributed by atoms with Crippen molar-refractivity contribution in [3.63, 3.8) is 0 Å². The molecule has 1 saturated heterocycles. The van der Waals surface area contributed by atoms with E-state index in [-0.39, 0.29) is 12.1 Å². The minimum Gasteiger partial charge on any atom is -0.363 e. The van der Waals surface area contributed by atoms with Crippen molar-refractivity contribution < 1.29 is 4.79 Å². The summed E-state index contributed by atoms with van der Waals surface area (Å²) in [4.78, 5) is 27.0. The van der Waals surface area contributed by atoms with Crippen molar-refractivity contribution in [1.82, 2.24) is 25.2 Å². The minimum absolute atomic E-state index is 0.0305.